The van der Waals surface area contributed by atoms with Crippen molar-refractivity contribution in [2.45, 2.75) is 39.7 Å². The Kier molecular flexibility index (Phi) is 6.58. The summed E-state index contributed by atoms with van der Waals surface area (Å²) >= 11 is 7.89. The predicted octanol–water partition coefficient (Wildman–Crippen LogP) is 4.74. The minimum Gasteiger partial charge on any atom is -0.387 e. The molecule has 0 spiro atoms. The second-order valence-corrected chi connectivity index (χ2v) is 10.4. The minimum atomic E-state index is -0.374. The van der Waals surface area contributed by atoms with Gasteiger partial charge in [-0.15, -0.1) is 21.5 Å². The van der Waals surface area contributed by atoms with Crippen molar-refractivity contribution < 1.29 is 4.79 Å². The highest BCUT2D eigenvalue weighted by Gasteiger charge is 2.31. The summed E-state index contributed by atoms with van der Waals surface area (Å²) in [4.78, 5) is 19.1. The Labute approximate surface area is 213 Å². The van der Waals surface area contributed by atoms with Crippen LogP contribution in [-0.4, -0.2) is 39.5 Å². The van der Waals surface area contributed by atoms with Gasteiger partial charge in [-0.1, -0.05) is 35.9 Å². The van der Waals surface area contributed by atoms with Crippen LogP contribution in [0.2, 0.25) is 5.02 Å². The molecular formula is C26H27ClN6OS. The Balaban J connectivity index is 1.48. The van der Waals surface area contributed by atoms with Gasteiger partial charge >= 0.3 is 0 Å². The molecule has 0 saturated heterocycles. The molecule has 1 amide bonds. The summed E-state index contributed by atoms with van der Waals surface area (Å²) in [7, 11) is 0. The van der Waals surface area contributed by atoms with E-state index >= 15 is 0 Å². The van der Waals surface area contributed by atoms with Crippen LogP contribution in [0.25, 0.3) is 5.00 Å². The lowest BCUT2D eigenvalue weighted by atomic mass is 10.00. The fraction of sp³-hybridized carbons (Fsp3) is 0.308. The molecule has 0 fully saturated rings. The number of dihydropyridines is 1. The lowest BCUT2D eigenvalue weighted by molar-refractivity contribution is -0.121. The number of thiophene rings is 1. The third-order valence-electron chi connectivity index (χ3n) is 6.35. The molecule has 5 rings (SSSR count). The molecule has 0 unspecified atom stereocenters. The first kappa shape index (κ1) is 23.5. The van der Waals surface area contributed by atoms with Crippen molar-refractivity contribution in [3.05, 3.63) is 86.4 Å². The van der Waals surface area contributed by atoms with Gasteiger partial charge in [0, 0.05) is 40.5 Å². The van der Waals surface area contributed by atoms with Gasteiger partial charge in [0.2, 0.25) is 5.91 Å². The molecule has 180 valence electrons. The third-order valence-corrected chi connectivity index (χ3v) is 7.79. The monoisotopic (exact) mass is 506 g/mol. The summed E-state index contributed by atoms with van der Waals surface area (Å²) in [6.07, 6.45) is 7.18. The third kappa shape index (κ3) is 4.68. The van der Waals surface area contributed by atoms with E-state index in [4.69, 9.17) is 16.6 Å². The molecule has 4 heterocycles. The van der Waals surface area contributed by atoms with Crippen molar-refractivity contribution in [2.75, 3.05) is 13.1 Å². The van der Waals surface area contributed by atoms with Crippen molar-refractivity contribution in [3.8, 4) is 5.00 Å². The molecule has 2 N–H and O–H groups in total. The largest absolute Gasteiger partial charge is 0.387 e. The number of hydrogen-bond donors (Lipinski definition) is 2. The normalized spacial score (nSPS) is 16.5. The number of benzene rings is 1. The summed E-state index contributed by atoms with van der Waals surface area (Å²) < 4.78 is 2.09. The Hall–Kier alpha value is -3.23. The van der Waals surface area contributed by atoms with Crippen LogP contribution in [0.5, 0.6) is 0 Å². The zero-order valence-corrected chi connectivity index (χ0v) is 21.5. The number of carbonyl (C=O) groups excluding carboxylic acids is 1. The van der Waals surface area contributed by atoms with Crippen LogP contribution >= 0.6 is 22.9 Å². The van der Waals surface area contributed by atoms with Gasteiger partial charge in [-0.3, -0.25) is 14.4 Å². The predicted molar refractivity (Wildman–Crippen MR) is 141 cm³/mol. The molecule has 2 aliphatic heterocycles. The zero-order valence-electron chi connectivity index (χ0n) is 19.9. The number of amides is 1. The number of halogens is 1. The molecule has 35 heavy (non-hydrogen) atoms. The number of nitrogens with one attached hydrogen (secondary N) is 2. The first-order valence-electron chi connectivity index (χ1n) is 11.6. The van der Waals surface area contributed by atoms with Crippen LogP contribution in [0.4, 0.5) is 0 Å². The maximum absolute atomic E-state index is 12.7. The van der Waals surface area contributed by atoms with Gasteiger partial charge in [0.25, 0.3) is 0 Å². The maximum Gasteiger partial charge on any atom is 0.220 e. The lowest BCUT2D eigenvalue weighted by Crippen LogP contribution is -2.29. The van der Waals surface area contributed by atoms with Gasteiger partial charge in [0.1, 0.15) is 16.9 Å². The molecule has 9 heteroatoms. The maximum atomic E-state index is 12.7. The molecule has 2 aliphatic rings. The molecule has 0 saturated carbocycles. The fourth-order valence-electron chi connectivity index (χ4n) is 4.36. The van der Waals surface area contributed by atoms with E-state index in [0.717, 1.165) is 45.6 Å². The van der Waals surface area contributed by atoms with E-state index < -0.39 is 0 Å². The van der Waals surface area contributed by atoms with Crippen molar-refractivity contribution in [1.82, 2.24) is 25.4 Å². The summed E-state index contributed by atoms with van der Waals surface area (Å²) in [6.45, 7) is 7.37. The number of fused-ring (bicyclic) bond motifs is 3. The topological polar surface area (TPSA) is 84.2 Å². The minimum absolute atomic E-state index is 0.0121. The van der Waals surface area contributed by atoms with Gasteiger partial charge in [-0.25, -0.2) is 0 Å². The van der Waals surface area contributed by atoms with Gasteiger partial charge in [-0.2, -0.15) is 0 Å². The number of aromatic nitrogens is 3. The van der Waals surface area contributed by atoms with Crippen molar-refractivity contribution in [2.24, 2.45) is 4.99 Å². The van der Waals surface area contributed by atoms with Crippen LogP contribution in [0.15, 0.2) is 53.2 Å². The zero-order chi connectivity index (χ0) is 24.5. The number of allylic oxidation sites excluding steroid dienone is 2. The van der Waals surface area contributed by atoms with E-state index in [-0.39, 0.29) is 11.9 Å². The molecule has 1 aromatic carbocycles. The second-order valence-electron chi connectivity index (χ2n) is 8.74. The smallest absolute Gasteiger partial charge is 0.220 e. The van der Waals surface area contributed by atoms with Gasteiger partial charge < -0.3 is 10.6 Å². The Morgan fingerprint density at radius 1 is 1.23 bits per heavy atom. The Morgan fingerprint density at radius 3 is 2.77 bits per heavy atom. The molecular weight excluding hydrogens is 480 g/mol. The summed E-state index contributed by atoms with van der Waals surface area (Å²) in [5.74, 6) is 1.52. The quantitative estimate of drug-likeness (QED) is 0.505. The molecule has 3 aromatic rings. The first-order chi connectivity index (χ1) is 16.9. The standard InChI is InChI=1S/C26H27ClN6OS/c1-15-16(2)35-26-23(15)24(19-7-9-20(27)10-8-19)30-21(25-32-31-17(3)33(25)26)14-29-22(34)11-6-18-5-4-12-28-13-18/h4-5,7-10,13,21,28H,6,11-12,14H2,1-3H3,(H,29,34)/t21-/m0/s1. The molecule has 2 aromatic heterocycles. The van der Waals surface area contributed by atoms with Gasteiger partial charge in [-0.05, 0) is 56.7 Å². The van der Waals surface area contributed by atoms with E-state index in [1.807, 2.05) is 37.4 Å². The number of aliphatic imine (C=N–C) groups is 1. The highest BCUT2D eigenvalue weighted by Crippen LogP contribution is 2.38. The number of rotatable bonds is 6. The molecule has 1 atom stereocenters. The summed E-state index contributed by atoms with van der Waals surface area (Å²) in [5.41, 5.74) is 5.25. The molecule has 0 bridgehead atoms. The molecule has 0 radical (unpaired) electrons. The number of nitrogens with zero attached hydrogens (tertiary/aromatic N) is 4. The van der Waals surface area contributed by atoms with E-state index in [2.05, 4.69) is 51.4 Å². The Bertz CT molecular complexity index is 1370. The second kappa shape index (κ2) is 9.79. The van der Waals surface area contributed by atoms with Crippen molar-refractivity contribution >= 4 is 34.6 Å². The first-order valence-corrected chi connectivity index (χ1v) is 12.8. The van der Waals surface area contributed by atoms with Crippen molar-refractivity contribution in [1.29, 1.82) is 0 Å². The average molecular weight is 507 g/mol. The van der Waals surface area contributed by atoms with E-state index in [9.17, 15) is 4.79 Å². The summed E-state index contributed by atoms with van der Waals surface area (Å²) in [6, 6.07) is 7.37. The Morgan fingerprint density at radius 2 is 2.03 bits per heavy atom. The molecule has 7 nitrogen and oxygen atoms in total. The van der Waals surface area contributed by atoms with Crippen LogP contribution in [0.3, 0.4) is 0 Å². The molecule has 0 aliphatic carbocycles. The highest BCUT2D eigenvalue weighted by molar-refractivity contribution is 7.15. The number of hydrogen-bond acceptors (Lipinski definition) is 6. The van der Waals surface area contributed by atoms with Crippen LogP contribution in [0, 0.1) is 20.8 Å². The van der Waals surface area contributed by atoms with Crippen LogP contribution < -0.4 is 10.6 Å². The number of carbonyl (C=O) groups is 1. The van der Waals surface area contributed by atoms with E-state index in [1.54, 1.807) is 11.3 Å². The lowest BCUT2D eigenvalue weighted by Gasteiger charge is -2.14. The van der Waals surface area contributed by atoms with Gasteiger partial charge in [0.15, 0.2) is 5.82 Å². The van der Waals surface area contributed by atoms with Gasteiger partial charge in [0.05, 0.1) is 5.71 Å². The van der Waals surface area contributed by atoms with Crippen molar-refractivity contribution in [3.63, 3.8) is 0 Å². The van der Waals surface area contributed by atoms with E-state index in [0.29, 0.717) is 24.4 Å². The SMILES string of the molecule is Cc1sc2c(c1C)C(c1ccc(Cl)cc1)=N[C@@H](CNC(=O)CCC1=CNCC=C1)c1nnc(C)n1-2. The van der Waals surface area contributed by atoms with E-state index in [1.165, 1.54) is 10.4 Å². The van der Waals surface area contributed by atoms with Crippen LogP contribution in [0.1, 0.15) is 52.1 Å². The fourth-order valence-corrected chi connectivity index (χ4v) is 5.70. The number of aryl methyl sites for hydroxylation is 2. The highest BCUT2D eigenvalue weighted by atomic mass is 35.5. The van der Waals surface area contributed by atoms with Crippen LogP contribution in [-0.2, 0) is 4.79 Å². The average Bonchev–Trinajstić information content (AvgIpc) is 3.33. The summed E-state index contributed by atoms with van der Waals surface area (Å²) in [5, 5.41) is 16.8.